The molecule has 1 aromatic carbocycles. The van der Waals surface area contributed by atoms with E-state index >= 15 is 0 Å². The van der Waals surface area contributed by atoms with Crippen LogP contribution in [0.1, 0.15) is 32.6 Å². The second kappa shape index (κ2) is 6.62. The third-order valence-electron chi connectivity index (χ3n) is 2.20. The van der Waals surface area contributed by atoms with Gasteiger partial charge in [-0.2, -0.15) is 0 Å². The lowest BCUT2D eigenvalue weighted by molar-refractivity contribution is 0.448. The molecule has 0 spiro atoms. The van der Waals surface area contributed by atoms with Gasteiger partial charge in [-0.05, 0) is 30.4 Å². The molecular formula is C12H18O2S. The van der Waals surface area contributed by atoms with Crippen LogP contribution >= 0.6 is 11.8 Å². The van der Waals surface area contributed by atoms with Gasteiger partial charge in [-0.25, -0.2) is 0 Å². The second-order valence-corrected chi connectivity index (χ2v) is 4.70. The van der Waals surface area contributed by atoms with Crippen LogP contribution < -0.4 is 0 Å². The van der Waals surface area contributed by atoms with Crippen LogP contribution in [-0.2, 0) is 0 Å². The summed E-state index contributed by atoms with van der Waals surface area (Å²) in [5.41, 5.74) is 0. The lowest BCUT2D eigenvalue weighted by atomic mass is 10.2. The summed E-state index contributed by atoms with van der Waals surface area (Å²) in [6, 6.07) is 4.64. The smallest absolute Gasteiger partial charge is 0.129 e. The Morgan fingerprint density at radius 2 is 1.93 bits per heavy atom. The quantitative estimate of drug-likeness (QED) is 0.440. The molecule has 0 atom stereocenters. The Labute approximate surface area is 95.3 Å². The summed E-state index contributed by atoms with van der Waals surface area (Å²) < 4.78 is 0. The van der Waals surface area contributed by atoms with Crippen LogP contribution in [0.4, 0.5) is 0 Å². The van der Waals surface area contributed by atoms with Gasteiger partial charge in [0.2, 0.25) is 0 Å². The molecular weight excluding hydrogens is 208 g/mol. The summed E-state index contributed by atoms with van der Waals surface area (Å²) in [6.07, 6.45) is 4.91. The zero-order valence-electron chi connectivity index (χ0n) is 9.07. The third-order valence-corrected chi connectivity index (χ3v) is 3.33. The van der Waals surface area contributed by atoms with E-state index in [0.717, 1.165) is 17.1 Å². The molecule has 1 aromatic rings. The van der Waals surface area contributed by atoms with E-state index in [-0.39, 0.29) is 11.5 Å². The number of hydrogen-bond donors (Lipinski definition) is 2. The lowest BCUT2D eigenvalue weighted by Crippen LogP contribution is -1.82. The highest BCUT2D eigenvalue weighted by Crippen LogP contribution is 2.31. The topological polar surface area (TPSA) is 40.5 Å². The largest absolute Gasteiger partial charge is 0.508 e. The van der Waals surface area contributed by atoms with Gasteiger partial charge in [0.15, 0.2) is 0 Å². The normalized spacial score (nSPS) is 10.5. The average Bonchev–Trinajstić information content (AvgIpc) is 2.23. The Bertz CT molecular complexity index is 300. The molecule has 0 fully saturated rings. The third kappa shape index (κ3) is 4.47. The van der Waals surface area contributed by atoms with Crippen molar-refractivity contribution in [2.45, 2.75) is 37.5 Å². The number of hydrogen-bond acceptors (Lipinski definition) is 3. The molecule has 0 aliphatic heterocycles. The van der Waals surface area contributed by atoms with Crippen molar-refractivity contribution in [2.75, 3.05) is 5.75 Å². The molecule has 2 N–H and O–H groups in total. The SMILES string of the molecule is CCCCCCSc1cc(O)ccc1O. The van der Waals surface area contributed by atoms with E-state index in [1.54, 1.807) is 17.8 Å². The fourth-order valence-corrected chi connectivity index (χ4v) is 2.32. The van der Waals surface area contributed by atoms with Crippen molar-refractivity contribution in [2.24, 2.45) is 0 Å². The molecule has 84 valence electrons. The summed E-state index contributed by atoms with van der Waals surface area (Å²) >= 11 is 1.60. The highest BCUT2D eigenvalue weighted by atomic mass is 32.2. The molecule has 0 aliphatic rings. The van der Waals surface area contributed by atoms with Gasteiger partial charge in [-0.15, -0.1) is 11.8 Å². The summed E-state index contributed by atoms with van der Waals surface area (Å²) in [6.45, 7) is 2.19. The number of phenolic OH excluding ortho intramolecular Hbond substituents is 2. The van der Waals surface area contributed by atoms with Crippen molar-refractivity contribution in [3.05, 3.63) is 18.2 Å². The zero-order valence-corrected chi connectivity index (χ0v) is 9.89. The molecule has 0 aromatic heterocycles. The Balaban J connectivity index is 2.33. The Kier molecular flexibility index (Phi) is 5.40. The molecule has 1 rings (SSSR count). The van der Waals surface area contributed by atoms with Crippen LogP contribution in [0.2, 0.25) is 0 Å². The van der Waals surface area contributed by atoms with Gasteiger partial charge in [0.1, 0.15) is 11.5 Å². The first-order valence-corrected chi connectivity index (χ1v) is 6.37. The Morgan fingerprint density at radius 3 is 2.67 bits per heavy atom. The van der Waals surface area contributed by atoms with Crippen LogP contribution in [0.25, 0.3) is 0 Å². The molecule has 0 saturated heterocycles. The number of unbranched alkanes of at least 4 members (excludes halogenated alkanes) is 3. The fraction of sp³-hybridized carbons (Fsp3) is 0.500. The summed E-state index contributed by atoms with van der Waals surface area (Å²) in [7, 11) is 0. The first-order chi connectivity index (χ1) is 7.24. The number of rotatable bonds is 6. The van der Waals surface area contributed by atoms with E-state index in [1.165, 1.54) is 31.4 Å². The number of phenols is 2. The fourth-order valence-electron chi connectivity index (χ4n) is 1.33. The molecule has 0 heterocycles. The Morgan fingerprint density at radius 1 is 1.13 bits per heavy atom. The minimum absolute atomic E-state index is 0.212. The van der Waals surface area contributed by atoms with Gasteiger partial charge in [0.25, 0.3) is 0 Å². The summed E-state index contributed by atoms with van der Waals surface area (Å²) in [5.74, 6) is 1.47. The predicted molar refractivity (Wildman–Crippen MR) is 64.6 cm³/mol. The molecule has 3 heteroatoms. The van der Waals surface area contributed by atoms with Gasteiger partial charge in [-0.1, -0.05) is 26.2 Å². The van der Waals surface area contributed by atoms with Crippen LogP contribution in [0.15, 0.2) is 23.1 Å². The van der Waals surface area contributed by atoms with Gasteiger partial charge >= 0.3 is 0 Å². The zero-order chi connectivity index (χ0) is 11.1. The van der Waals surface area contributed by atoms with Crippen molar-refractivity contribution in [3.8, 4) is 11.5 Å². The number of aromatic hydroxyl groups is 2. The van der Waals surface area contributed by atoms with Crippen LogP contribution in [0, 0.1) is 0 Å². The maximum atomic E-state index is 9.51. The average molecular weight is 226 g/mol. The van der Waals surface area contributed by atoms with Crippen molar-refractivity contribution in [1.82, 2.24) is 0 Å². The monoisotopic (exact) mass is 226 g/mol. The van der Waals surface area contributed by atoms with Crippen LogP contribution in [0.5, 0.6) is 11.5 Å². The molecule has 0 amide bonds. The lowest BCUT2D eigenvalue weighted by Gasteiger charge is -2.04. The van der Waals surface area contributed by atoms with Gasteiger partial charge in [0, 0.05) is 0 Å². The summed E-state index contributed by atoms with van der Waals surface area (Å²) in [5, 5.41) is 18.8. The van der Waals surface area contributed by atoms with Crippen LogP contribution in [0.3, 0.4) is 0 Å². The maximum Gasteiger partial charge on any atom is 0.129 e. The molecule has 0 aliphatic carbocycles. The molecule has 2 nitrogen and oxygen atoms in total. The second-order valence-electron chi connectivity index (χ2n) is 3.56. The van der Waals surface area contributed by atoms with Crippen LogP contribution in [-0.4, -0.2) is 16.0 Å². The highest BCUT2D eigenvalue weighted by Gasteiger charge is 2.02. The molecule has 0 radical (unpaired) electrons. The van der Waals surface area contributed by atoms with E-state index in [9.17, 15) is 10.2 Å². The van der Waals surface area contributed by atoms with Crippen molar-refractivity contribution >= 4 is 11.8 Å². The highest BCUT2D eigenvalue weighted by molar-refractivity contribution is 7.99. The number of thioether (sulfide) groups is 1. The van der Waals surface area contributed by atoms with Crippen molar-refractivity contribution < 1.29 is 10.2 Å². The molecule has 0 saturated carbocycles. The van der Waals surface area contributed by atoms with Gasteiger partial charge < -0.3 is 10.2 Å². The standard InChI is InChI=1S/C12H18O2S/c1-2-3-4-5-8-15-12-9-10(13)6-7-11(12)14/h6-7,9,13-14H,2-5,8H2,1H3. The van der Waals surface area contributed by atoms with Gasteiger partial charge in [0.05, 0.1) is 4.90 Å². The maximum absolute atomic E-state index is 9.51. The van der Waals surface area contributed by atoms with E-state index in [4.69, 9.17) is 0 Å². The predicted octanol–water partition coefficient (Wildman–Crippen LogP) is 3.77. The van der Waals surface area contributed by atoms with E-state index in [0.29, 0.717) is 0 Å². The molecule has 0 unspecified atom stereocenters. The van der Waals surface area contributed by atoms with Crippen molar-refractivity contribution in [3.63, 3.8) is 0 Å². The first kappa shape index (κ1) is 12.2. The molecule has 0 bridgehead atoms. The number of benzene rings is 1. The van der Waals surface area contributed by atoms with E-state index in [2.05, 4.69) is 6.92 Å². The van der Waals surface area contributed by atoms with E-state index in [1.807, 2.05) is 0 Å². The minimum atomic E-state index is 0.212. The van der Waals surface area contributed by atoms with E-state index < -0.39 is 0 Å². The van der Waals surface area contributed by atoms with Gasteiger partial charge in [-0.3, -0.25) is 0 Å². The summed E-state index contributed by atoms with van der Waals surface area (Å²) in [4.78, 5) is 0.770. The minimum Gasteiger partial charge on any atom is -0.508 e. The van der Waals surface area contributed by atoms with Crippen molar-refractivity contribution in [1.29, 1.82) is 0 Å². The first-order valence-electron chi connectivity index (χ1n) is 5.39. The Hall–Kier alpha value is -0.830. The molecule has 15 heavy (non-hydrogen) atoms.